The van der Waals surface area contributed by atoms with E-state index in [4.69, 9.17) is 4.74 Å². The molecule has 1 aromatic carbocycles. The van der Waals surface area contributed by atoms with Gasteiger partial charge in [-0.3, -0.25) is 19.2 Å². The second kappa shape index (κ2) is 14.8. The van der Waals surface area contributed by atoms with Crippen LogP contribution in [-0.2, 0) is 17.9 Å². The smallest absolute Gasteiger partial charge is 0.252 e. The molecule has 0 saturated carbocycles. The van der Waals surface area contributed by atoms with E-state index in [0.29, 0.717) is 44.0 Å². The number of hydrogen-bond donors (Lipinski definition) is 2. The first-order valence-electron chi connectivity index (χ1n) is 12.9. The van der Waals surface area contributed by atoms with Gasteiger partial charge in [-0.1, -0.05) is 22.9 Å². The number of nitrogens with zero attached hydrogens (tertiary/aromatic N) is 4. The summed E-state index contributed by atoms with van der Waals surface area (Å²) in [4.78, 5) is 28.5. The molecule has 0 aliphatic carbocycles. The van der Waals surface area contributed by atoms with Gasteiger partial charge in [0.2, 0.25) is 5.91 Å². The predicted octanol–water partition coefficient (Wildman–Crippen LogP) is 3.20. The monoisotopic (exact) mass is 528 g/mol. The molecule has 1 aliphatic heterocycles. The largest absolute Gasteiger partial charge is 0.494 e. The number of carbonyl (C=O) groups is 2. The molecule has 1 aliphatic rings. The first kappa shape index (κ1) is 28.7. The van der Waals surface area contributed by atoms with Crippen molar-refractivity contribution in [1.29, 1.82) is 0 Å². The summed E-state index contributed by atoms with van der Waals surface area (Å²) in [6.45, 7) is 10.1. The zero-order chi connectivity index (χ0) is 26.6. The number of allylic oxidation sites excluding steroid dienone is 1. The van der Waals surface area contributed by atoms with E-state index in [1.807, 2.05) is 36.2 Å². The minimum absolute atomic E-state index is 0.152. The number of thioether (sulfide) groups is 1. The molecular weight excluding hydrogens is 488 g/mol. The Morgan fingerprint density at radius 1 is 1.24 bits per heavy atom. The number of aryl methyl sites for hydroxylation is 2. The molecule has 0 spiro atoms. The van der Waals surface area contributed by atoms with E-state index in [9.17, 15) is 9.59 Å². The number of rotatable bonds is 5. The van der Waals surface area contributed by atoms with Gasteiger partial charge in [0.1, 0.15) is 11.8 Å². The Kier molecular flexibility index (Phi) is 11.5. The van der Waals surface area contributed by atoms with Crippen molar-refractivity contribution in [2.24, 2.45) is 0 Å². The molecule has 1 aromatic heterocycles. The summed E-state index contributed by atoms with van der Waals surface area (Å²) in [5.74, 6) is 0.990. The van der Waals surface area contributed by atoms with Crippen LogP contribution in [0, 0.1) is 6.92 Å². The number of hydrogen-bond acceptors (Lipinski definition) is 7. The molecule has 2 amide bonds. The molecule has 9 nitrogen and oxygen atoms in total. The number of amides is 2. The molecule has 2 aromatic rings. The fourth-order valence-electron chi connectivity index (χ4n) is 4.03. The van der Waals surface area contributed by atoms with Gasteiger partial charge in [-0.15, -0.1) is 5.10 Å². The van der Waals surface area contributed by atoms with E-state index < -0.39 is 6.04 Å². The van der Waals surface area contributed by atoms with Crippen molar-refractivity contribution in [3.8, 4) is 5.75 Å². The summed E-state index contributed by atoms with van der Waals surface area (Å²) in [5, 5.41) is 14.6. The van der Waals surface area contributed by atoms with Crippen LogP contribution in [-0.4, -0.2) is 76.0 Å². The van der Waals surface area contributed by atoms with E-state index in [1.165, 1.54) is 5.57 Å². The van der Waals surface area contributed by atoms with Crippen molar-refractivity contribution in [3.05, 3.63) is 52.9 Å². The van der Waals surface area contributed by atoms with E-state index in [2.05, 4.69) is 45.8 Å². The molecule has 2 N–H and O–H groups in total. The molecule has 37 heavy (non-hydrogen) atoms. The number of aromatic nitrogens is 3. The van der Waals surface area contributed by atoms with E-state index >= 15 is 0 Å². The van der Waals surface area contributed by atoms with Crippen LogP contribution < -0.4 is 15.4 Å². The Hall–Kier alpha value is -2.85. The Balaban J connectivity index is 1.78. The van der Waals surface area contributed by atoms with E-state index in [1.54, 1.807) is 17.8 Å². The summed E-state index contributed by atoms with van der Waals surface area (Å²) >= 11 is 1.66. The van der Waals surface area contributed by atoms with Gasteiger partial charge in [0.15, 0.2) is 0 Å². The van der Waals surface area contributed by atoms with Crippen LogP contribution in [0.4, 0.5) is 0 Å². The molecule has 0 unspecified atom stereocenters. The number of nitrogens with one attached hydrogen (secondary N) is 2. The first-order valence-corrected chi connectivity index (χ1v) is 14.3. The van der Waals surface area contributed by atoms with E-state index in [0.717, 1.165) is 42.9 Å². The summed E-state index contributed by atoms with van der Waals surface area (Å²) < 4.78 is 7.77. The van der Waals surface area contributed by atoms with Crippen molar-refractivity contribution in [2.45, 2.75) is 59.2 Å². The minimum Gasteiger partial charge on any atom is -0.494 e. The lowest BCUT2D eigenvalue weighted by atomic mass is 10.1. The molecule has 0 saturated heterocycles. The topological polar surface area (TPSA) is 101 Å². The Morgan fingerprint density at radius 3 is 2.86 bits per heavy atom. The highest BCUT2D eigenvalue weighted by atomic mass is 32.2. The molecule has 1 atom stereocenters. The lowest BCUT2D eigenvalue weighted by molar-refractivity contribution is -0.123. The summed E-state index contributed by atoms with van der Waals surface area (Å²) in [6.07, 6.45) is 8.30. The molecule has 3 rings (SSSR count). The average molecular weight is 529 g/mol. The molecule has 0 radical (unpaired) electrons. The second-order valence-electron chi connectivity index (χ2n) is 9.62. The Morgan fingerprint density at radius 2 is 2.08 bits per heavy atom. The van der Waals surface area contributed by atoms with Gasteiger partial charge in [-0.2, -0.15) is 11.8 Å². The number of fused-ring (bicyclic) bond motifs is 4. The molecule has 10 heteroatoms. The second-order valence-corrected chi connectivity index (χ2v) is 10.6. The van der Waals surface area contributed by atoms with Crippen molar-refractivity contribution in [3.63, 3.8) is 0 Å². The quantitative estimate of drug-likeness (QED) is 0.575. The molecular formula is C27H40N6O3S. The van der Waals surface area contributed by atoms with Gasteiger partial charge in [-0.25, -0.2) is 0 Å². The number of benzene rings is 1. The maximum Gasteiger partial charge on any atom is 0.252 e. The zero-order valence-corrected chi connectivity index (χ0v) is 23.3. The van der Waals surface area contributed by atoms with Gasteiger partial charge in [-0.05, 0) is 63.3 Å². The first-order chi connectivity index (χ1) is 17.9. The predicted molar refractivity (Wildman–Crippen MR) is 148 cm³/mol. The van der Waals surface area contributed by atoms with Crippen LogP contribution in [0.15, 0.2) is 36.0 Å². The average Bonchev–Trinajstić information content (AvgIpc) is 3.32. The van der Waals surface area contributed by atoms with Gasteiger partial charge in [0.25, 0.3) is 5.91 Å². The van der Waals surface area contributed by atoms with Crippen LogP contribution in [0.3, 0.4) is 0 Å². The van der Waals surface area contributed by atoms with Crippen LogP contribution in [0.5, 0.6) is 5.75 Å². The lowest BCUT2D eigenvalue weighted by Crippen LogP contribution is -2.47. The summed E-state index contributed by atoms with van der Waals surface area (Å²) in [5.41, 5.74) is 3.53. The maximum atomic E-state index is 13.1. The van der Waals surface area contributed by atoms with Crippen molar-refractivity contribution < 1.29 is 14.3 Å². The van der Waals surface area contributed by atoms with Crippen LogP contribution >= 0.6 is 11.8 Å². The molecule has 202 valence electrons. The molecule has 0 fully saturated rings. The lowest BCUT2D eigenvalue weighted by Gasteiger charge is -2.21. The summed E-state index contributed by atoms with van der Waals surface area (Å²) in [6, 6.07) is 4.90. The highest BCUT2D eigenvalue weighted by Gasteiger charge is 2.22. The fourth-order valence-corrected chi connectivity index (χ4v) is 4.50. The molecule has 2 heterocycles. The highest BCUT2D eigenvalue weighted by Crippen LogP contribution is 2.18. The SMILES string of the molecule is CSCC[C@@H]1NC(=O)c2cc(ccc2C)OCCCn2cc(nn2)CN(CC=C(C)C)CCCNC1=O. The standard InChI is InChI=1S/C27H40N6O3S/c1-20(2)9-14-32-12-5-11-28-27(35)25(10-16-37-4)29-26(34)24-17-23(8-7-21(24)3)36-15-6-13-33-19-22(18-32)30-31-33/h7-9,17,19,25H,5-6,10-16,18H2,1-4H3,(H,28,35)(H,29,34)/t25-/m0/s1. The van der Waals surface area contributed by atoms with Crippen molar-refractivity contribution >= 4 is 23.6 Å². The zero-order valence-electron chi connectivity index (χ0n) is 22.5. The van der Waals surface area contributed by atoms with Gasteiger partial charge < -0.3 is 15.4 Å². The fraction of sp³-hybridized carbons (Fsp3) is 0.556. The van der Waals surface area contributed by atoms with Gasteiger partial charge in [0.05, 0.1) is 12.3 Å². The third-order valence-electron chi connectivity index (χ3n) is 6.17. The third-order valence-corrected chi connectivity index (χ3v) is 6.81. The normalized spacial score (nSPS) is 18.3. The maximum absolute atomic E-state index is 13.1. The van der Waals surface area contributed by atoms with Crippen molar-refractivity contribution in [1.82, 2.24) is 30.5 Å². The van der Waals surface area contributed by atoms with Gasteiger partial charge >= 0.3 is 0 Å². The van der Waals surface area contributed by atoms with Crippen LogP contribution in [0.25, 0.3) is 0 Å². The third kappa shape index (κ3) is 9.51. The van der Waals surface area contributed by atoms with Crippen LogP contribution in [0.2, 0.25) is 0 Å². The highest BCUT2D eigenvalue weighted by molar-refractivity contribution is 7.98. The Labute approximate surface area is 224 Å². The minimum atomic E-state index is -0.591. The number of ether oxygens (including phenoxy) is 1. The Bertz CT molecular complexity index is 1070. The molecule has 4 bridgehead atoms. The number of carbonyl (C=O) groups excluding carboxylic acids is 2. The van der Waals surface area contributed by atoms with E-state index in [-0.39, 0.29) is 11.8 Å². The van der Waals surface area contributed by atoms with Crippen molar-refractivity contribution in [2.75, 3.05) is 38.2 Å². The van der Waals surface area contributed by atoms with Gasteiger partial charge in [0, 0.05) is 50.9 Å². The van der Waals surface area contributed by atoms with Crippen LogP contribution in [0.1, 0.15) is 54.7 Å². The summed E-state index contributed by atoms with van der Waals surface area (Å²) in [7, 11) is 0.